The van der Waals surface area contributed by atoms with E-state index < -0.39 is 10.1 Å². The average Bonchev–Trinajstić information content (AvgIpc) is 2.74. The Labute approximate surface area is 203 Å². The summed E-state index contributed by atoms with van der Waals surface area (Å²) in [7, 11) is -4.88. The van der Waals surface area contributed by atoms with Gasteiger partial charge in [-0.3, -0.25) is 9.88 Å². The molecule has 0 saturated heterocycles. The first-order valence-corrected chi connectivity index (χ1v) is 10.7. The van der Waals surface area contributed by atoms with E-state index in [9.17, 15) is 13.0 Å². The van der Waals surface area contributed by atoms with Gasteiger partial charge in [0, 0.05) is 11.8 Å². The second-order valence-electron chi connectivity index (χ2n) is 6.67. The molecule has 0 unspecified atom stereocenters. The van der Waals surface area contributed by atoms with Crippen molar-refractivity contribution in [1.82, 2.24) is 4.98 Å². The van der Waals surface area contributed by atoms with Gasteiger partial charge >= 0.3 is 29.6 Å². The van der Waals surface area contributed by atoms with Crippen LogP contribution in [0.3, 0.4) is 0 Å². The Bertz CT molecular complexity index is 1230. The quantitative estimate of drug-likeness (QED) is 0.350. The minimum atomic E-state index is -4.88. The van der Waals surface area contributed by atoms with E-state index in [0.717, 1.165) is 0 Å². The second kappa shape index (κ2) is 9.38. The van der Waals surface area contributed by atoms with Crippen LogP contribution in [0.25, 0.3) is 5.57 Å². The van der Waals surface area contributed by atoms with Crippen LogP contribution in [0.15, 0.2) is 89.6 Å². The van der Waals surface area contributed by atoms with Crippen molar-refractivity contribution in [2.45, 2.75) is 13.8 Å². The molecular formula is C23H19N2NaO4S. The zero-order valence-corrected chi connectivity index (χ0v) is 20.3. The Morgan fingerprint density at radius 3 is 2.00 bits per heavy atom. The number of pyridine rings is 1. The number of hydrogen-bond donors (Lipinski definition) is 0. The Morgan fingerprint density at radius 1 is 0.968 bits per heavy atom. The Kier molecular flexibility index (Phi) is 7.03. The van der Waals surface area contributed by atoms with Gasteiger partial charge in [0.2, 0.25) is 0 Å². The molecule has 1 aliphatic heterocycles. The first-order valence-electron chi connectivity index (χ1n) is 9.32. The third-order valence-electron chi connectivity index (χ3n) is 4.83. The van der Waals surface area contributed by atoms with Gasteiger partial charge in [-0.2, -0.15) is 0 Å². The van der Waals surface area contributed by atoms with E-state index in [2.05, 4.69) is 4.98 Å². The molecule has 3 aromatic rings. The summed E-state index contributed by atoms with van der Waals surface area (Å²) >= 11 is 0. The molecule has 4 rings (SSSR count). The number of rotatable bonds is 4. The minimum Gasteiger partial charge on any atom is -0.743 e. The summed E-state index contributed by atoms with van der Waals surface area (Å²) in [4.78, 5) is 5.78. The normalized spacial score (nSPS) is 13.9. The van der Waals surface area contributed by atoms with Gasteiger partial charge in [0.25, 0.3) is 0 Å². The second-order valence-corrected chi connectivity index (χ2v) is 7.97. The summed E-state index contributed by atoms with van der Waals surface area (Å²) in [6.45, 7) is 3.40. The number of fused-ring (bicyclic) bond motifs is 2. The van der Waals surface area contributed by atoms with Crippen LogP contribution in [-0.4, -0.2) is 18.0 Å². The van der Waals surface area contributed by atoms with E-state index in [-0.39, 0.29) is 34.6 Å². The van der Waals surface area contributed by atoms with Crippen molar-refractivity contribution in [2.75, 3.05) is 4.90 Å². The molecule has 0 N–H and O–H groups in total. The molecular weight excluding hydrogens is 423 g/mol. The fraction of sp³-hybridized carbons (Fsp3) is 0.0870. The summed E-state index contributed by atoms with van der Waals surface area (Å²) < 4.78 is 43.7. The molecule has 0 amide bonds. The molecule has 0 radical (unpaired) electrons. The molecule has 1 aromatic heterocycles. The van der Waals surface area contributed by atoms with E-state index in [4.69, 9.17) is 4.74 Å². The largest absolute Gasteiger partial charge is 1.00 e. The molecule has 6 nitrogen and oxygen atoms in total. The molecule has 0 atom stereocenters. The summed E-state index contributed by atoms with van der Waals surface area (Å²) in [6.07, 6.45) is 3.37. The molecule has 2 aromatic carbocycles. The average molecular weight is 442 g/mol. The number of hydrogen-bond acceptors (Lipinski definition) is 6. The van der Waals surface area contributed by atoms with Crippen LogP contribution in [0, 0.1) is 0 Å². The van der Waals surface area contributed by atoms with Crippen molar-refractivity contribution in [3.63, 3.8) is 0 Å². The Morgan fingerprint density at radius 2 is 1.52 bits per heavy atom. The molecule has 0 bridgehead atoms. The fourth-order valence-corrected chi connectivity index (χ4v) is 4.49. The summed E-state index contributed by atoms with van der Waals surface area (Å²) in [5, 5.41) is -0.357. The predicted octanol–water partition coefficient (Wildman–Crippen LogP) is 2.21. The number of para-hydroxylation sites is 4. The van der Waals surface area contributed by atoms with Crippen LogP contribution >= 0.6 is 0 Å². The number of allylic oxidation sites excluding steroid dienone is 3. The number of aromatic nitrogens is 1. The van der Waals surface area contributed by atoms with Crippen LogP contribution in [0.4, 0.5) is 11.4 Å². The van der Waals surface area contributed by atoms with Gasteiger partial charge in [0.1, 0.15) is 15.1 Å². The zero-order valence-electron chi connectivity index (χ0n) is 17.4. The van der Waals surface area contributed by atoms with Crippen molar-refractivity contribution in [1.29, 1.82) is 0 Å². The van der Waals surface area contributed by atoms with Gasteiger partial charge in [-0.05, 0) is 55.8 Å². The van der Waals surface area contributed by atoms with Crippen LogP contribution in [0.5, 0.6) is 11.5 Å². The monoisotopic (exact) mass is 442 g/mol. The molecule has 0 spiro atoms. The topological polar surface area (TPSA) is 82.6 Å². The number of nitrogens with zero attached hydrogens (tertiary/aromatic N) is 2. The number of benzene rings is 2. The summed E-state index contributed by atoms with van der Waals surface area (Å²) in [6, 6.07) is 19.4. The van der Waals surface area contributed by atoms with Crippen LogP contribution in [0.1, 0.15) is 19.5 Å². The van der Waals surface area contributed by atoms with E-state index >= 15 is 0 Å². The summed E-state index contributed by atoms with van der Waals surface area (Å²) in [5.41, 5.74) is 2.39. The number of anilines is 2. The van der Waals surface area contributed by atoms with E-state index in [1.165, 1.54) is 4.90 Å². The minimum absolute atomic E-state index is 0. The maximum absolute atomic E-state index is 12.6. The molecule has 0 fully saturated rings. The van der Waals surface area contributed by atoms with E-state index in [1.54, 1.807) is 86.8 Å². The van der Waals surface area contributed by atoms with Gasteiger partial charge in [-0.1, -0.05) is 36.4 Å². The van der Waals surface area contributed by atoms with Crippen molar-refractivity contribution < 1.29 is 47.3 Å². The third kappa shape index (κ3) is 4.46. The van der Waals surface area contributed by atoms with Crippen molar-refractivity contribution in [3.8, 4) is 11.5 Å². The molecule has 2 heterocycles. The van der Waals surface area contributed by atoms with Crippen LogP contribution in [0.2, 0.25) is 0 Å². The molecule has 31 heavy (non-hydrogen) atoms. The molecule has 1 aliphatic rings. The van der Waals surface area contributed by atoms with E-state index in [0.29, 0.717) is 39.7 Å². The Hall–Kier alpha value is -2.42. The molecule has 0 aliphatic carbocycles. The maximum Gasteiger partial charge on any atom is 1.00 e. The summed E-state index contributed by atoms with van der Waals surface area (Å²) in [5.74, 6) is 0.926. The van der Waals surface area contributed by atoms with Crippen molar-refractivity contribution in [3.05, 3.63) is 95.3 Å². The SMILES string of the molecule is CC=C(C(C)=C(N1c2ccccc2Oc2ccccc21)S(=O)(=O)[O-])c1ccccn1.[Na+]. The van der Waals surface area contributed by atoms with Crippen molar-refractivity contribution in [2.24, 2.45) is 0 Å². The van der Waals surface area contributed by atoms with Gasteiger partial charge in [-0.15, -0.1) is 0 Å². The molecule has 152 valence electrons. The first kappa shape index (κ1) is 23.2. The third-order valence-corrected chi connectivity index (χ3v) is 5.79. The van der Waals surface area contributed by atoms with Crippen LogP contribution in [-0.2, 0) is 10.1 Å². The Balaban J connectivity index is 0.00000272. The van der Waals surface area contributed by atoms with Crippen LogP contribution < -0.4 is 39.2 Å². The fourth-order valence-electron chi connectivity index (χ4n) is 3.58. The van der Waals surface area contributed by atoms with E-state index in [1.807, 2.05) is 6.07 Å². The van der Waals surface area contributed by atoms with Gasteiger partial charge in [0.05, 0.1) is 17.1 Å². The standard InChI is InChI=1S/C23H20N2O4S.Na/c1-3-17(18-10-8-9-15-24-18)16(2)23(30(26,27)28)25-19-11-4-6-13-21(19)29-22-14-7-5-12-20(22)25;/h3-15H,1-2H3,(H,26,27,28);/q;+1/p-1. The number of ether oxygens (including phenoxy) is 1. The van der Waals surface area contributed by atoms with Gasteiger partial charge in [-0.25, -0.2) is 8.42 Å². The molecule has 8 heteroatoms. The predicted molar refractivity (Wildman–Crippen MR) is 115 cm³/mol. The molecule has 0 saturated carbocycles. The van der Waals surface area contributed by atoms with Gasteiger partial charge < -0.3 is 9.29 Å². The zero-order chi connectivity index (χ0) is 21.3. The smallest absolute Gasteiger partial charge is 0.743 e. The maximum atomic E-state index is 12.6. The first-order chi connectivity index (χ1) is 14.4. The van der Waals surface area contributed by atoms with Gasteiger partial charge in [0.15, 0.2) is 11.5 Å². The van der Waals surface area contributed by atoms with Crippen molar-refractivity contribution >= 4 is 27.1 Å².